The topological polar surface area (TPSA) is 128 Å². The number of ether oxygens (including phenoxy) is 2. The number of hydrogen-bond donors (Lipinski definition) is 2. The summed E-state index contributed by atoms with van der Waals surface area (Å²) in [4.78, 5) is 49.0. The fraction of sp³-hybridized carbons (Fsp3) is 0.667. The van der Waals surface area contributed by atoms with Gasteiger partial charge in [0.2, 0.25) is 11.4 Å². The van der Waals surface area contributed by atoms with Gasteiger partial charge in [0.25, 0.3) is 5.56 Å². The first kappa shape index (κ1) is 22.5. The molecule has 0 aromatic carbocycles. The van der Waals surface area contributed by atoms with Crippen molar-refractivity contribution in [3.8, 4) is 0 Å². The average Bonchev–Trinajstić information content (AvgIpc) is 2.99. The van der Waals surface area contributed by atoms with Crippen molar-refractivity contribution in [2.45, 2.75) is 64.3 Å². The van der Waals surface area contributed by atoms with Gasteiger partial charge >= 0.3 is 11.9 Å². The Balaban J connectivity index is 3.51. The lowest BCUT2D eigenvalue weighted by Crippen LogP contribution is -2.62. The third-order valence-corrected chi connectivity index (χ3v) is 4.37. The van der Waals surface area contributed by atoms with Gasteiger partial charge in [-0.1, -0.05) is 26.7 Å². The van der Waals surface area contributed by atoms with Crippen molar-refractivity contribution in [1.29, 1.82) is 0 Å². The zero-order chi connectivity index (χ0) is 20.6. The van der Waals surface area contributed by atoms with E-state index in [1.807, 2.05) is 13.8 Å². The highest BCUT2D eigenvalue weighted by molar-refractivity contribution is 6.08. The van der Waals surface area contributed by atoms with Crippen LogP contribution in [0, 0.1) is 0 Å². The molecule has 9 nitrogen and oxygen atoms in total. The molecule has 1 amide bonds. The number of aromatic nitrogens is 1. The summed E-state index contributed by atoms with van der Waals surface area (Å²) in [7, 11) is 2.17. The van der Waals surface area contributed by atoms with Crippen LogP contribution in [0.1, 0.15) is 63.7 Å². The Labute approximate surface area is 157 Å². The van der Waals surface area contributed by atoms with Crippen molar-refractivity contribution in [2.75, 3.05) is 14.2 Å². The standard InChI is InChI=1S/C18H28N2O7/c1-6-8-12(9-7-2)14-13(15(22)20-27-14)10-18(16(23)25-4,17(24)26-5)19-11(3)21/h12H,6-10H2,1-5H3,(H,19,21)(H,20,22). The van der Waals surface area contributed by atoms with Crippen molar-refractivity contribution in [3.05, 3.63) is 21.7 Å². The molecule has 9 heteroatoms. The summed E-state index contributed by atoms with van der Waals surface area (Å²) in [5.41, 5.74) is -2.62. The second kappa shape index (κ2) is 9.94. The lowest BCUT2D eigenvalue weighted by Gasteiger charge is -2.28. The third kappa shape index (κ3) is 4.99. The van der Waals surface area contributed by atoms with Gasteiger partial charge in [-0.15, -0.1) is 0 Å². The molecular formula is C18H28N2O7. The maximum atomic E-state index is 12.5. The predicted molar refractivity (Wildman–Crippen MR) is 96.2 cm³/mol. The lowest BCUT2D eigenvalue weighted by atomic mass is 9.86. The Morgan fingerprint density at radius 2 is 1.63 bits per heavy atom. The van der Waals surface area contributed by atoms with Gasteiger partial charge in [0, 0.05) is 19.3 Å². The summed E-state index contributed by atoms with van der Waals surface area (Å²) < 4.78 is 14.8. The Morgan fingerprint density at radius 3 is 2.04 bits per heavy atom. The first-order valence-corrected chi connectivity index (χ1v) is 8.93. The summed E-state index contributed by atoms with van der Waals surface area (Å²) in [6, 6.07) is 0. The summed E-state index contributed by atoms with van der Waals surface area (Å²) >= 11 is 0. The van der Waals surface area contributed by atoms with Crippen molar-refractivity contribution in [3.63, 3.8) is 0 Å². The first-order chi connectivity index (χ1) is 12.8. The number of amides is 1. The molecule has 1 rings (SSSR count). The van der Waals surface area contributed by atoms with Crippen LogP contribution in [-0.2, 0) is 30.3 Å². The van der Waals surface area contributed by atoms with Crippen LogP contribution < -0.4 is 10.9 Å². The largest absolute Gasteiger partial charge is 0.467 e. The molecular weight excluding hydrogens is 356 g/mol. The highest BCUT2D eigenvalue weighted by atomic mass is 16.5. The van der Waals surface area contributed by atoms with Crippen LogP contribution in [0.5, 0.6) is 0 Å². The van der Waals surface area contributed by atoms with Crippen LogP contribution in [0.25, 0.3) is 0 Å². The molecule has 27 heavy (non-hydrogen) atoms. The highest BCUT2D eigenvalue weighted by Gasteiger charge is 2.51. The number of H-pyrrole nitrogens is 1. The van der Waals surface area contributed by atoms with Crippen LogP contribution in [0.2, 0.25) is 0 Å². The zero-order valence-corrected chi connectivity index (χ0v) is 16.5. The third-order valence-electron chi connectivity index (χ3n) is 4.37. The van der Waals surface area contributed by atoms with E-state index in [0.29, 0.717) is 5.76 Å². The van der Waals surface area contributed by atoms with Crippen molar-refractivity contribution in [2.24, 2.45) is 0 Å². The molecule has 0 fully saturated rings. The molecule has 152 valence electrons. The molecule has 2 N–H and O–H groups in total. The van der Waals surface area contributed by atoms with E-state index < -0.39 is 35.4 Å². The number of aromatic amines is 1. The van der Waals surface area contributed by atoms with E-state index in [4.69, 9.17) is 14.0 Å². The van der Waals surface area contributed by atoms with Crippen LogP contribution in [-0.4, -0.2) is 42.8 Å². The van der Waals surface area contributed by atoms with E-state index in [9.17, 15) is 19.2 Å². The molecule has 0 aliphatic carbocycles. The molecule has 1 heterocycles. The number of rotatable bonds is 10. The van der Waals surface area contributed by atoms with E-state index >= 15 is 0 Å². The molecule has 1 aromatic rings. The minimum Gasteiger partial charge on any atom is -0.467 e. The monoisotopic (exact) mass is 384 g/mol. The maximum absolute atomic E-state index is 12.5. The molecule has 0 aliphatic heterocycles. The molecule has 0 bridgehead atoms. The van der Waals surface area contributed by atoms with Gasteiger partial charge in [-0.3, -0.25) is 9.59 Å². The fourth-order valence-corrected chi connectivity index (χ4v) is 3.23. The quantitative estimate of drug-likeness (QED) is 0.461. The summed E-state index contributed by atoms with van der Waals surface area (Å²) in [6.07, 6.45) is 2.83. The Hall–Kier alpha value is -2.58. The first-order valence-electron chi connectivity index (χ1n) is 8.93. The molecule has 0 aliphatic rings. The molecule has 0 atom stereocenters. The summed E-state index contributed by atoms with van der Waals surface area (Å²) in [5.74, 6) is -2.38. The highest BCUT2D eigenvalue weighted by Crippen LogP contribution is 2.30. The van der Waals surface area contributed by atoms with Gasteiger partial charge in [-0.2, -0.15) is 5.16 Å². The van der Waals surface area contributed by atoms with Gasteiger partial charge < -0.3 is 19.3 Å². The van der Waals surface area contributed by atoms with E-state index in [2.05, 4.69) is 10.5 Å². The van der Waals surface area contributed by atoms with Crippen molar-refractivity contribution in [1.82, 2.24) is 10.5 Å². The Kier molecular flexibility index (Phi) is 8.27. The van der Waals surface area contributed by atoms with E-state index in [1.54, 1.807) is 0 Å². The molecule has 0 radical (unpaired) electrons. The smallest absolute Gasteiger partial charge is 0.343 e. The number of methoxy groups -OCH3 is 2. The molecule has 0 saturated heterocycles. The minimum atomic E-state index is -2.18. The lowest BCUT2D eigenvalue weighted by molar-refractivity contribution is -0.165. The van der Waals surface area contributed by atoms with Crippen molar-refractivity contribution < 1.29 is 28.4 Å². The normalized spacial score (nSPS) is 11.3. The molecule has 0 unspecified atom stereocenters. The minimum absolute atomic E-state index is 0.0562. The van der Waals surface area contributed by atoms with Crippen molar-refractivity contribution >= 4 is 17.8 Å². The Morgan fingerprint density at radius 1 is 1.11 bits per heavy atom. The van der Waals surface area contributed by atoms with Crippen LogP contribution in [0.15, 0.2) is 9.32 Å². The zero-order valence-electron chi connectivity index (χ0n) is 16.5. The molecule has 0 spiro atoms. The average molecular weight is 384 g/mol. The van der Waals surface area contributed by atoms with E-state index in [0.717, 1.165) is 46.8 Å². The number of carbonyl (C=O) groups excluding carboxylic acids is 3. The second-order valence-corrected chi connectivity index (χ2v) is 6.40. The maximum Gasteiger partial charge on any atom is 0.343 e. The van der Waals surface area contributed by atoms with Crippen LogP contribution >= 0.6 is 0 Å². The summed E-state index contributed by atoms with van der Waals surface area (Å²) in [6.45, 7) is 5.17. The molecule has 0 saturated carbocycles. The molecule has 1 aromatic heterocycles. The second-order valence-electron chi connectivity index (χ2n) is 6.40. The number of nitrogens with one attached hydrogen (secondary N) is 2. The number of esters is 2. The van der Waals surface area contributed by atoms with Gasteiger partial charge in [-0.05, 0) is 12.8 Å². The van der Waals surface area contributed by atoms with E-state index in [1.165, 1.54) is 0 Å². The van der Waals surface area contributed by atoms with Crippen LogP contribution in [0.4, 0.5) is 0 Å². The van der Waals surface area contributed by atoms with Gasteiger partial charge in [0.05, 0.1) is 19.8 Å². The number of hydrogen-bond acceptors (Lipinski definition) is 7. The van der Waals surface area contributed by atoms with Gasteiger partial charge in [0.1, 0.15) is 5.76 Å². The Bertz CT molecular complexity index is 698. The fourth-order valence-electron chi connectivity index (χ4n) is 3.23. The van der Waals surface area contributed by atoms with Crippen LogP contribution in [0.3, 0.4) is 0 Å². The van der Waals surface area contributed by atoms with E-state index in [-0.39, 0.29) is 11.5 Å². The summed E-state index contributed by atoms with van der Waals surface area (Å²) in [5, 5.41) is 4.58. The van der Waals surface area contributed by atoms with Gasteiger partial charge in [-0.25, -0.2) is 9.59 Å². The SMILES string of the molecule is CCCC(CCC)c1o[nH]c(=O)c1CC(NC(C)=O)(C(=O)OC)C(=O)OC. The number of carbonyl (C=O) groups is 3. The predicted octanol–water partition coefficient (Wildman–Crippen LogP) is 1.42. The van der Waals surface area contributed by atoms with Gasteiger partial charge in [0.15, 0.2) is 0 Å².